The molecule has 10 heteroatoms. The third kappa shape index (κ3) is 4.60. The van der Waals surface area contributed by atoms with Gasteiger partial charge in [-0.15, -0.1) is 10.2 Å². The van der Waals surface area contributed by atoms with Crippen molar-refractivity contribution >= 4 is 27.5 Å². The summed E-state index contributed by atoms with van der Waals surface area (Å²) in [5, 5.41) is 8.23. The fourth-order valence-electron chi connectivity index (χ4n) is 2.53. The number of hydrogen-bond donors (Lipinski definition) is 1. The Bertz CT molecular complexity index is 671. The predicted octanol–water partition coefficient (Wildman–Crippen LogP) is 0.0641. The quantitative estimate of drug-likeness (QED) is 0.563. The zero-order chi connectivity index (χ0) is 17.2. The normalized spacial score (nSPS) is 20.1. The number of carbonyl (C=O) groups excluding carboxylic acids is 1. The van der Waals surface area contributed by atoms with E-state index < -0.39 is 9.84 Å². The van der Waals surface area contributed by atoms with Crippen molar-refractivity contribution in [1.29, 1.82) is 0 Å². The monoisotopic (exact) mass is 361 g/mol. The van der Waals surface area contributed by atoms with Crippen molar-refractivity contribution in [2.75, 3.05) is 29.6 Å². The number of nitrogens with zero attached hydrogens (tertiary/aromatic N) is 4. The van der Waals surface area contributed by atoms with E-state index in [1.807, 2.05) is 13.8 Å². The van der Waals surface area contributed by atoms with E-state index in [9.17, 15) is 13.2 Å². The van der Waals surface area contributed by atoms with Gasteiger partial charge in [0.2, 0.25) is 11.1 Å². The van der Waals surface area contributed by atoms with Crippen LogP contribution in [0.5, 0.6) is 0 Å². The van der Waals surface area contributed by atoms with Gasteiger partial charge in [-0.05, 0) is 19.3 Å². The second-order valence-electron chi connectivity index (χ2n) is 6.19. The Morgan fingerprint density at radius 3 is 2.65 bits per heavy atom. The molecule has 0 bridgehead atoms. The van der Waals surface area contributed by atoms with Crippen molar-refractivity contribution in [3.8, 4) is 0 Å². The highest BCUT2D eigenvalue weighted by Crippen LogP contribution is 2.22. The molecule has 2 N–H and O–H groups in total. The van der Waals surface area contributed by atoms with E-state index in [1.54, 1.807) is 11.8 Å². The Kier molecular flexibility index (Phi) is 5.56. The van der Waals surface area contributed by atoms with E-state index in [0.717, 1.165) is 0 Å². The van der Waals surface area contributed by atoms with Crippen molar-refractivity contribution in [2.45, 2.75) is 38.4 Å². The molecule has 1 aliphatic rings. The second kappa shape index (κ2) is 7.08. The molecule has 0 radical (unpaired) electrons. The molecule has 2 rings (SSSR count). The van der Waals surface area contributed by atoms with Crippen molar-refractivity contribution in [2.24, 2.45) is 5.92 Å². The number of carbonyl (C=O) groups is 1. The lowest BCUT2D eigenvalue weighted by molar-refractivity contribution is -0.130. The van der Waals surface area contributed by atoms with E-state index in [0.29, 0.717) is 23.9 Å². The summed E-state index contributed by atoms with van der Waals surface area (Å²) in [5.41, 5.74) is 0. The Hall–Kier alpha value is -1.29. The topological polar surface area (TPSA) is 111 Å². The first-order valence-electron chi connectivity index (χ1n) is 7.49. The average molecular weight is 361 g/mol. The molecule has 1 saturated heterocycles. The molecule has 0 unspecified atom stereocenters. The van der Waals surface area contributed by atoms with Crippen LogP contribution in [0.3, 0.4) is 0 Å². The van der Waals surface area contributed by atoms with Gasteiger partial charge in [-0.1, -0.05) is 25.6 Å². The molecule has 23 heavy (non-hydrogen) atoms. The molecule has 0 aromatic carbocycles. The third-order valence-corrected chi connectivity index (χ3v) is 6.37. The molecule has 2 heterocycles. The summed E-state index contributed by atoms with van der Waals surface area (Å²) in [6, 6.07) is -0.229. The Labute approximate surface area is 140 Å². The van der Waals surface area contributed by atoms with Gasteiger partial charge in [0, 0.05) is 12.6 Å². The number of thioether (sulfide) groups is 1. The fraction of sp³-hybridized carbons (Fsp3) is 0.769. The first-order valence-corrected chi connectivity index (χ1v) is 10.3. The number of hydrogen-bond acceptors (Lipinski definition) is 7. The van der Waals surface area contributed by atoms with Gasteiger partial charge in [-0.3, -0.25) is 4.79 Å². The maximum Gasteiger partial charge on any atom is 0.233 e. The maximum absolute atomic E-state index is 12.6. The van der Waals surface area contributed by atoms with Crippen LogP contribution >= 0.6 is 11.8 Å². The lowest BCUT2D eigenvalue weighted by atomic mass is 10.1. The molecule has 0 aliphatic carbocycles. The van der Waals surface area contributed by atoms with E-state index in [-0.39, 0.29) is 35.1 Å². The molecule has 130 valence electrons. The Balaban J connectivity index is 2.03. The lowest BCUT2D eigenvalue weighted by Crippen LogP contribution is -2.44. The van der Waals surface area contributed by atoms with Crippen LogP contribution in [0.15, 0.2) is 5.16 Å². The summed E-state index contributed by atoms with van der Waals surface area (Å²) in [7, 11) is -3.03. The van der Waals surface area contributed by atoms with Crippen LogP contribution in [0, 0.1) is 12.8 Å². The average Bonchev–Trinajstić information content (AvgIpc) is 2.97. The molecule has 1 aromatic heterocycles. The number of sulfone groups is 1. The first-order chi connectivity index (χ1) is 10.7. The number of aryl methyl sites for hydroxylation is 1. The highest BCUT2D eigenvalue weighted by molar-refractivity contribution is 7.99. The molecule has 1 aromatic rings. The van der Waals surface area contributed by atoms with Crippen molar-refractivity contribution in [3.05, 3.63) is 5.82 Å². The van der Waals surface area contributed by atoms with Crippen LogP contribution in [0.1, 0.15) is 26.1 Å². The molecule has 1 atom stereocenters. The molecule has 1 aliphatic heterocycles. The van der Waals surface area contributed by atoms with Crippen LogP contribution in [-0.4, -0.2) is 63.9 Å². The highest BCUT2D eigenvalue weighted by Gasteiger charge is 2.34. The minimum absolute atomic E-state index is 0.0578. The molecule has 0 saturated carbocycles. The number of aromatic nitrogens is 3. The molecule has 8 nitrogen and oxygen atoms in total. The van der Waals surface area contributed by atoms with Crippen LogP contribution in [-0.2, 0) is 14.6 Å². The standard InChI is InChI=1S/C13H23N5O3S2/c1-9(2)6-17(11-4-5-23(20,21)8-11)12(19)7-22-13-16-15-10(3)18(13)14/h9,11H,4-8,14H2,1-3H3/t11-/m1/s1. The van der Waals surface area contributed by atoms with Crippen LogP contribution < -0.4 is 5.84 Å². The van der Waals surface area contributed by atoms with Gasteiger partial charge in [0.05, 0.1) is 17.3 Å². The second-order valence-corrected chi connectivity index (χ2v) is 9.36. The van der Waals surface area contributed by atoms with Gasteiger partial charge in [-0.25, -0.2) is 13.1 Å². The lowest BCUT2D eigenvalue weighted by Gasteiger charge is -2.29. The van der Waals surface area contributed by atoms with Crippen molar-refractivity contribution in [1.82, 2.24) is 19.8 Å². The van der Waals surface area contributed by atoms with Gasteiger partial charge >= 0.3 is 0 Å². The van der Waals surface area contributed by atoms with Crippen molar-refractivity contribution in [3.63, 3.8) is 0 Å². The van der Waals surface area contributed by atoms with E-state index >= 15 is 0 Å². The molecular weight excluding hydrogens is 338 g/mol. The zero-order valence-electron chi connectivity index (χ0n) is 13.6. The number of amides is 1. The fourth-order valence-corrected chi connectivity index (χ4v) is 5.05. The molecule has 0 spiro atoms. The summed E-state index contributed by atoms with van der Waals surface area (Å²) in [5.74, 6) is 6.90. The maximum atomic E-state index is 12.6. The smallest absolute Gasteiger partial charge is 0.233 e. The summed E-state index contributed by atoms with van der Waals surface area (Å²) >= 11 is 1.21. The molecular formula is C13H23N5O3S2. The largest absolute Gasteiger partial charge is 0.338 e. The molecule has 1 amide bonds. The highest BCUT2D eigenvalue weighted by atomic mass is 32.2. The van der Waals surface area contributed by atoms with E-state index in [2.05, 4.69) is 10.2 Å². The van der Waals surface area contributed by atoms with Crippen LogP contribution in [0.4, 0.5) is 0 Å². The molecule has 1 fully saturated rings. The minimum Gasteiger partial charge on any atom is -0.338 e. The minimum atomic E-state index is -3.03. The van der Waals surface area contributed by atoms with Crippen molar-refractivity contribution < 1.29 is 13.2 Å². The third-order valence-electron chi connectivity index (χ3n) is 3.69. The van der Waals surface area contributed by atoms with Gasteiger partial charge in [0.15, 0.2) is 9.84 Å². The van der Waals surface area contributed by atoms with E-state index in [4.69, 9.17) is 5.84 Å². The number of nitrogen functional groups attached to an aromatic ring is 1. The zero-order valence-corrected chi connectivity index (χ0v) is 15.2. The van der Waals surface area contributed by atoms with Crippen LogP contribution in [0.25, 0.3) is 0 Å². The Morgan fingerprint density at radius 1 is 1.48 bits per heavy atom. The predicted molar refractivity (Wildman–Crippen MR) is 89.2 cm³/mol. The first kappa shape index (κ1) is 18.1. The van der Waals surface area contributed by atoms with Gasteiger partial charge in [-0.2, -0.15) is 0 Å². The van der Waals surface area contributed by atoms with Gasteiger partial charge in [0.25, 0.3) is 0 Å². The van der Waals surface area contributed by atoms with Crippen LogP contribution in [0.2, 0.25) is 0 Å². The Morgan fingerprint density at radius 2 is 2.17 bits per heavy atom. The summed E-state index contributed by atoms with van der Waals surface area (Å²) < 4.78 is 24.7. The summed E-state index contributed by atoms with van der Waals surface area (Å²) in [6.45, 7) is 6.30. The van der Waals surface area contributed by atoms with Gasteiger partial charge < -0.3 is 10.7 Å². The van der Waals surface area contributed by atoms with Gasteiger partial charge in [0.1, 0.15) is 5.82 Å². The summed E-state index contributed by atoms with van der Waals surface area (Å²) in [6.07, 6.45) is 0.512. The summed E-state index contributed by atoms with van der Waals surface area (Å²) in [4.78, 5) is 14.3. The number of rotatable bonds is 6. The number of nitrogens with two attached hydrogens (primary N) is 1. The van der Waals surface area contributed by atoms with E-state index in [1.165, 1.54) is 16.4 Å². The SMILES string of the molecule is Cc1nnc(SCC(=O)N(CC(C)C)[C@@H]2CCS(=O)(=O)C2)n1N.